The number of nitrogens with one attached hydrogen (secondary N) is 5. The second-order valence-corrected chi connectivity index (χ2v) is 8.92. The summed E-state index contributed by atoms with van der Waals surface area (Å²) in [6, 6.07) is -1.74. The molecule has 5 amide bonds. The monoisotopic (exact) mass is 485 g/mol. The first-order valence-electron chi connectivity index (χ1n) is 11.8. The van der Waals surface area contributed by atoms with Crippen molar-refractivity contribution in [3.8, 4) is 0 Å². The van der Waals surface area contributed by atoms with Crippen LogP contribution in [0.3, 0.4) is 0 Å². The molecule has 1 rings (SSSR count). The van der Waals surface area contributed by atoms with Crippen LogP contribution in [0.15, 0.2) is 0 Å². The molecule has 0 unspecified atom stereocenters. The molecule has 1 aliphatic heterocycles. The predicted molar refractivity (Wildman–Crippen MR) is 122 cm³/mol. The number of alkyl carbamates (subject to hydrolysis) is 1. The highest BCUT2D eigenvalue weighted by atomic mass is 16.5. The van der Waals surface area contributed by atoms with Gasteiger partial charge in [0.2, 0.25) is 23.6 Å². The van der Waals surface area contributed by atoms with Gasteiger partial charge in [-0.2, -0.15) is 0 Å². The predicted octanol–water partition coefficient (Wildman–Crippen LogP) is 0.196. The summed E-state index contributed by atoms with van der Waals surface area (Å²) in [5.41, 5.74) is 1.63. The number of ether oxygens (including phenoxy) is 1. The second kappa shape index (κ2) is 15.1. The highest BCUT2D eigenvalue weighted by molar-refractivity contribution is 5.93. The van der Waals surface area contributed by atoms with Gasteiger partial charge in [-0.25, -0.2) is 10.3 Å². The Kier molecular flexibility index (Phi) is 12.9. The minimum absolute atomic E-state index is 0.0504. The lowest BCUT2D eigenvalue weighted by atomic mass is 9.81. The van der Waals surface area contributed by atoms with Crippen LogP contribution >= 0.6 is 0 Å². The smallest absolute Gasteiger partial charge is 0.407 e. The summed E-state index contributed by atoms with van der Waals surface area (Å²) in [5.74, 6) is -3.77. The third-order valence-electron chi connectivity index (χ3n) is 5.71. The van der Waals surface area contributed by atoms with Gasteiger partial charge in [0.15, 0.2) is 0 Å². The zero-order valence-electron chi connectivity index (χ0n) is 20.4. The summed E-state index contributed by atoms with van der Waals surface area (Å²) in [7, 11) is 1.46. The van der Waals surface area contributed by atoms with Crippen LogP contribution in [0.5, 0.6) is 0 Å². The highest BCUT2D eigenvalue weighted by Crippen LogP contribution is 2.26. The van der Waals surface area contributed by atoms with Crippen LogP contribution < -0.4 is 26.7 Å². The van der Waals surface area contributed by atoms with Crippen LogP contribution in [0.1, 0.15) is 59.3 Å². The Hall–Kier alpha value is -2.89. The Labute approximate surface area is 200 Å². The summed E-state index contributed by atoms with van der Waals surface area (Å²) in [5, 5.41) is 19.7. The zero-order valence-corrected chi connectivity index (χ0v) is 20.4. The van der Waals surface area contributed by atoms with Gasteiger partial charge < -0.3 is 26.0 Å². The Balaban J connectivity index is 3.18. The first-order chi connectivity index (χ1) is 16.1. The zero-order chi connectivity index (χ0) is 25.7. The molecular formula is C22H39N5O7. The van der Waals surface area contributed by atoms with Crippen LogP contribution in [0.25, 0.3) is 0 Å². The number of rotatable bonds is 6. The molecule has 34 heavy (non-hydrogen) atoms. The van der Waals surface area contributed by atoms with E-state index < -0.39 is 47.7 Å². The molecule has 1 heterocycles. The molecule has 4 atom stereocenters. The van der Waals surface area contributed by atoms with Crippen LogP contribution in [0.2, 0.25) is 0 Å². The summed E-state index contributed by atoms with van der Waals surface area (Å²) in [6.07, 6.45) is 1.57. The van der Waals surface area contributed by atoms with Crippen molar-refractivity contribution >= 4 is 29.7 Å². The fourth-order valence-electron chi connectivity index (χ4n) is 3.89. The number of hydrogen-bond acceptors (Lipinski definition) is 7. The fourth-order valence-corrected chi connectivity index (χ4v) is 3.89. The molecule has 0 spiro atoms. The Morgan fingerprint density at radius 1 is 1.09 bits per heavy atom. The summed E-state index contributed by atoms with van der Waals surface area (Å²) < 4.78 is 5.11. The molecule has 194 valence electrons. The average Bonchev–Trinajstić information content (AvgIpc) is 2.80. The van der Waals surface area contributed by atoms with Crippen LogP contribution in [0, 0.1) is 17.8 Å². The van der Waals surface area contributed by atoms with E-state index in [1.807, 2.05) is 13.8 Å². The Morgan fingerprint density at radius 3 is 2.41 bits per heavy atom. The molecule has 1 fully saturated rings. The number of carbonyl (C=O) groups excluding carboxylic acids is 5. The second-order valence-electron chi connectivity index (χ2n) is 8.92. The van der Waals surface area contributed by atoms with Crippen molar-refractivity contribution in [2.24, 2.45) is 17.8 Å². The van der Waals surface area contributed by atoms with Gasteiger partial charge in [0, 0.05) is 19.5 Å². The van der Waals surface area contributed by atoms with E-state index in [0.717, 1.165) is 0 Å². The van der Waals surface area contributed by atoms with E-state index >= 15 is 0 Å². The van der Waals surface area contributed by atoms with Crippen molar-refractivity contribution in [1.29, 1.82) is 0 Å². The van der Waals surface area contributed by atoms with Gasteiger partial charge in [0.1, 0.15) is 12.1 Å². The van der Waals surface area contributed by atoms with Crippen molar-refractivity contribution in [2.45, 2.75) is 71.4 Å². The van der Waals surface area contributed by atoms with E-state index in [1.54, 1.807) is 5.48 Å². The number of cyclic esters (lactones) is 1. The summed E-state index contributed by atoms with van der Waals surface area (Å²) in [6.45, 7) is 5.73. The topological polar surface area (TPSA) is 175 Å². The van der Waals surface area contributed by atoms with Gasteiger partial charge in [-0.1, -0.05) is 13.8 Å². The molecule has 1 aliphatic rings. The van der Waals surface area contributed by atoms with E-state index in [1.165, 1.54) is 14.0 Å². The van der Waals surface area contributed by atoms with Crippen LogP contribution in [0.4, 0.5) is 4.79 Å². The summed E-state index contributed by atoms with van der Waals surface area (Å²) >= 11 is 0. The molecule has 0 radical (unpaired) electrons. The normalized spacial score (nSPS) is 23.8. The van der Waals surface area contributed by atoms with Gasteiger partial charge in [0.25, 0.3) is 0 Å². The van der Waals surface area contributed by atoms with Gasteiger partial charge >= 0.3 is 6.09 Å². The Morgan fingerprint density at radius 2 is 1.79 bits per heavy atom. The molecule has 12 nitrogen and oxygen atoms in total. The Bertz CT molecular complexity index is 716. The minimum atomic E-state index is -0.941. The molecular weight excluding hydrogens is 446 g/mol. The highest BCUT2D eigenvalue weighted by Gasteiger charge is 2.36. The lowest BCUT2D eigenvalue weighted by Gasteiger charge is -2.28. The van der Waals surface area contributed by atoms with Gasteiger partial charge in [-0.3, -0.25) is 24.4 Å². The van der Waals surface area contributed by atoms with E-state index in [2.05, 4.69) is 21.3 Å². The summed E-state index contributed by atoms with van der Waals surface area (Å²) in [4.78, 5) is 62.3. The van der Waals surface area contributed by atoms with Crippen LogP contribution in [-0.4, -0.2) is 67.2 Å². The SMILES string of the molecule is CNC(=O)[C@H](C)NC(=O)[C@@H]1CCCCNC(=O)OCCC[C@H](C(=O)NO)[C@@H](CC(C)C)C(=O)N1. The number of amides is 5. The molecule has 1 saturated heterocycles. The number of likely N-dealkylation sites (N-methyl/N-ethyl adjacent to an activating group) is 1. The van der Waals surface area contributed by atoms with Gasteiger partial charge in [0.05, 0.1) is 12.5 Å². The van der Waals surface area contributed by atoms with E-state index in [-0.39, 0.29) is 31.3 Å². The number of hydrogen-bond donors (Lipinski definition) is 6. The minimum Gasteiger partial charge on any atom is -0.450 e. The van der Waals surface area contributed by atoms with Crippen molar-refractivity contribution in [2.75, 3.05) is 20.2 Å². The quantitative estimate of drug-likeness (QED) is 0.230. The molecule has 0 saturated carbocycles. The van der Waals surface area contributed by atoms with Crippen molar-refractivity contribution in [3.63, 3.8) is 0 Å². The van der Waals surface area contributed by atoms with Crippen molar-refractivity contribution < 1.29 is 33.9 Å². The molecule has 0 aliphatic carbocycles. The van der Waals surface area contributed by atoms with Gasteiger partial charge in [-0.15, -0.1) is 0 Å². The third-order valence-corrected chi connectivity index (χ3v) is 5.71. The fraction of sp³-hybridized carbons (Fsp3) is 0.773. The van der Waals surface area contributed by atoms with Crippen molar-refractivity contribution in [1.82, 2.24) is 26.7 Å². The maximum Gasteiger partial charge on any atom is 0.407 e. The first kappa shape index (κ1) is 29.1. The van der Waals surface area contributed by atoms with E-state index in [0.29, 0.717) is 32.2 Å². The van der Waals surface area contributed by atoms with Crippen LogP contribution in [-0.2, 0) is 23.9 Å². The van der Waals surface area contributed by atoms with Crippen molar-refractivity contribution in [3.05, 3.63) is 0 Å². The van der Waals surface area contributed by atoms with E-state index in [9.17, 15) is 29.2 Å². The maximum absolute atomic E-state index is 13.3. The number of hydroxylamine groups is 1. The third kappa shape index (κ3) is 9.94. The molecule has 0 aromatic rings. The largest absolute Gasteiger partial charge is 0.450 e. The average molecular weight is 486 g/mol. The van der Waals surface area contributed by atoms with Gasteiger partial charge in [-0.05, 0) is 51.4 Å². The molecule has 0 bridgehead atoms. The number of carbonyl (C=O) groups is 5. The van der Waals surface area contributed by atoms with E-state index in [4.69, 9.17) is 4.74 Å². The molecule has 12 heteroatoms. The molecule has 0 aromatic heterocycles. The molecule has 0 aromatic carbocycles. The molecule has 6 N–H and O–H groups in total. The standard InChI is InChI=1S/C22H39N5O7/c1-13(2)12-16-15(20(30)27-33)8-7-11-34-22(32)24-10-6-5-9-17(26-19(16)29)21(31)25-14(3)18(28)23-4/h13-17,33H,5-12H2,1-4H3,(H,23,28)(H,24,32)(H,25,31)(H,26,29)(H,27,30)/t14-,15-,16+,17-/m0/s1. The maximum atomic E-state index is 13.3. The first-order valence-corrected chi connectivity index (χ1v) is 11.8. The lowest BCUT2D eigenvalue weighted by molar-refractivity contribution is -0.142. The lowest BCUT2D eigenvalue weighted by Crippen LogP contribution is -2.54.